The Balaban J connectivity index is 0.910. The maximum Gasteiger partial charge on any atom is 0.252 e. The summed E-state index contributed by atoms with van der Waals surface area (Å²) in [6.45, 7) is -0.0100. The summed E-state index contributed by atoms with van der Waals surface area (Å²) in [7, 11) is 0. The first kappa shape index (κ1) is 37.6. The molecule has 0 bridgehead atoms. The molecule has 0 saturated carbocycles. The second-order valence-corrected chi connectivity index (χ2v) is 19.6. The second kappa shape index (κ2) is 13.7. The van der Waals surface area contributed by atoms with Crippen molar-refractivity contribution >= 4 is 133 Å². The van der Waals surface area contributed by atoms with Crippen LogP contribution in [-0.2, 0) is 0 Å². The largest absolute Gasteiger partial charge is 0.311 e. The molecule has 17 rings (SSSR count). The predicted molar refractivity (Wildman–Crippen MR) is 301 cm³/mol. The number of aromatic nitrogens is 2. The zero-order valence-corrected chi connectivity index (χ0v) is 38.4. The summed E-state index contributed by atoms with van der Waals surface area (Å²) in [5, 5.41) is 10.3. The summed E-state index contributed by atoms with van der Waals surface area (Å²) in [6.07, 6.45) is 0. The van der Waals surface area contributed by atoms with Crippen LogP contribution in [0, 0.1) is 0 Å². The molecular formula is C66H39BN4. The number of fused-ring (bicyclic) bond motifs is 16. The molecule has 0 atom stereocenters. The first-order valence-corrected chi connectivity index (χ1v) is 24.7. The van der Waals surface area contributed by atoms with Gasteiger partial charge in [0.15, 0.2) is 0 Å². The fourth-order valence-electron chi connectivity index (χ4n) is 13.2. The number of benzene rings is 11. The monoisotopic (exact) mass is 898 g/mol. The molecule has 0 fully saturated rings. The van der Waals surface area contributed by atoms with Gasteiger partial charge in [-0.3, -0.25) is 0 Å². The minimum Gasteiger partial charge on any atom is -0.311 e. The topological polar surface area (TPSA) is 15.3 Å². The quantitative estimate of drug-likeness (QED) is 0.164. The number of anilines is 6. The summed E-state index contributed by atoms with van der Waals surface area (Å²) < 4.78 is 4.93. The van der Waals surface area contributed by atoms with Gasteiger partial charge in [-0.1, -0.05) is 140 Å². The van der Waals surface area contributed by atoms with Crippen LogP contribution in [0.5, 0.6) is 0 Å². The van der Waals surface area contributed by atoms with Gasteiger partial charge in [-0.2, -0.15) is 0 Å². The number of hydrogen-bond acceptors (Lipinski definition) is 2. The molecule has 0 unspecified atom stereocenters. The standard InChI is InChI=1S/C66H39BN4/c1-3-16-44(17-4-1)68-60-28-15-29-61-64(60)67(54-32-30-40(38-62(54)68)42-34-50-46-20-7-11-24-56(46)70-57-25-12-8-21-47(57)51(35-42)65(50)70)55-33-31-41(39-63(55)69(61)45-18-5-2-6-19-45)43-36-52-48-22-9-13-26-58(48)71-59-27-14-10-23-49(59)53(37-43)66(52)71/h1-39H. The van der Waals surface area contributed by atoms with Crippen molar-refractivity contribution < 1.29 is 0 Å². The highest BCUT2D eigenvalue weighted by Crippen LogP contribution is 2.48. The fraction of sp³-hybridized carbons (Fsp3) is 0. The summed E-state index contributed by atoms with van der Waals surface area (Å²) >= 11 is 0. The lowest BCUT2D eigenvalue weighted by Gasteiger charge is -2.44. The first-order chi connectivity index (χ1) is 35.2. The Morgan fingerprint density at radius 2 is 0.606 bits per heavy atom. The van der Waals surface area contributed by atoms with E-state index in [-0.39, 0.29) is 6.71 Å². The van der Waals surface area contributed by atoms with E-state index >= 15 is 0 Å². The number of hydrogen-bond donors (Lipinski definition) is 0. The normalized spacial score (nSPS) is 13.3. The van der Waals surface area contributed by atoms with Gasteiger partial charge in [-0.05, 0) is 136 Å². The Bertz CT molecular complexity index is 4260. The zero-order chi connectivity index (χ0) is 46.1. The van der Waals surface area contributed by atoms with Crippen LogP contribution in [0.4, 0.5) is 34.1 Å². The third-order valence-corrected chi connectivity index (χ3v) is 16.1. The van der Waals surface area contributed by atoms with Crippen molar-refractivity contribution in [2.24, 2.45) is 0 Å². The summed E-state index contributed by atoms with van der Waals surface area (Å²) in [4.78, 5) is 5.03. The van der Waals surface area contributed by atoms with E-state index < -0.39 is 0 Å². The zero-order valence-electron chi connectivity index (χ0n) is 38.4. The molecule has 0 spiro atoms. The van der Waals surface area contributed by atoms with E-state index in [1.165, 1.54) is 138 Å². The molecule has 0 N–H and O–H groups in total. The number of rotatable bonds is 4. The summed E-state index contributed by atoms with van der Waals surface area (Å²) in [5.74, 6) is 0. The van der Waals surface area contributed by atoms with Gasteiger partial charge >= 0.3 is 0 Å². The lowest BCUT2D eigenvalue weighted by molar-refractivity contribution is 1.25. The van der Waals surface area contributed by atoms with Crippen molar-refractivity contribution in [3.05, 3.63) is 237 Å². The Morgan fingerprint density at radius 1 is 0.254 bits per heavy atom. The van der Waals surface area contributed by atoms with Crippen LogP contribution in [0.3, 0.4) is 0 Å². The summed E-state index contributed by atoms with van der Waals surface area (Å²) in [5.41, 5.74) is 23.4. The fourth-order valence-corrected chi connectivity index (χ4v) is 13.2. The van der Waals surface area contributed by atoms with Crippen LogP contribution >= 0.6 is 0 Å². The molecule has 2 aliphatic rings. The molecule has 0 aliphatic carbocycles. The molecular weight excluding hydrogens is 860 g/mol. The minimum absolute atomic E-state index is 0.0100. The maximum atomic E-state index is 2.52. The van der Waals surface area contributed by atoms with Gasteiger partial charge in [0.1, 0.15) is 0 Å². The SMILES string of the molecule is c1ccc(N2c3cc(-c4cc5c6ccccc6n6c7ccccc7c(c4)c56)ccc3B3c4ccc(-c5cc6c7ccccc7n7c8ccccc8c(c5)c67)cc4N(c4ccccc4)c4cccc2c43)cc1. The molecule has 4 aromatic heterocycles. The molecule has 6 heterocycles. The van der Waals surface area contributed by atoms with Gasteiger partial charge < -0.3 is 18.6 Å². The van der Waals surface area contributed by atoms with Gasteiger partial charge in [0.05, 0.1) is 33.1 Å². The highest BCUT2D eigenvalue weighted by molar-refractivity contribution is 7.00. The van der Waals surface area contributed by atoms with Gasteiger partial charge in [0, 0.05) is 77.2 Å². The molecule has 5 heteroatoms. The predicted octanol–water partition coefficient (Wildman–Crippen LogP) is 15.4. The van der Waals surface area contributed by atoms with Crippen LogP contribution in [0.15, 0.2) is 237 Å². The molecule has 71 heavy (non-hydrogen) atoms. The molecule has 326 valence electrons. The van der Waals surface area contributed by atoms with Gasteiger partial charge in [0.2, 0.25) is 0 Å². The van der Waals surface area contributed by atoms with E-state index in [9.17, 15) is 0 Å². The maximum absolute atomic E-state index is 2.52. The highest BCUT2D eigenvalue weighted by Gasteiger charge is 2.43. The van der Waals surface area contributed by atoms with E-state index in [4.69, 9.17) is 0 Å². The summed E-state index contributed by atoms with van der Waals surface area (Å²) in [6, 6.07) is 88.6. The average molecular weight is 899 g/mol. The van der Waals surface area contributed by atoms with Crippen molar-refractivity contribution in [3.8, 4) is 22.3 Å². The Labute approximate surface area is 408 Å². The molecule has 4 nitrogen and oxygen atoms in total. The van der Waals surface area contributed by atoms with Crippen molar-refractivity contribution in [1.82, 2.24) is 8.80 Å². The second-order valence-electron chi connectivity index (χ2n) is 19.6. The Morgan fingerprint density at radius 3 is 0.986 bits per heavy atom. The lowest BCUT2D eigenvalue weighted by Crippen LogP contribution is -2.61. The van der Waals surface area contributed by atoms with E-state index in [1.54, 1.807) is 0 Å². The Kier molecular flexibility index (Phi) is 7.26. The van der Waals surface area contributed by atoms with Crippen LogP contribution in [0.2, 0.25) is 0 Å². The highest BCUT2D eigenvalue weighted by atomic mass is 15.2. The lowest BCUT2D eigenvalue weighted by atomic mass is 9.33. The molecule has 11 aromatic carbocycles. The molecule has 2 aliphatic heterocycles. The van der Waals surface area contributed by atoms with Gasteiger partial charge in [-0.15, -0.1) is 0 Å². The van der Waals surface area contributed by atoms with Crippen molar-refractivity contribution in [2.45, 2.75) is 0 Å². The molecule has 0 amide bonds. The van der Waals surface area contributed by atoms with Gasteiger partial charge in [-0.25, -0.2) is 0 Å². The minimum atomic E-state index is -0.0100. The number of para-hydroxylation sites is 6. The van der Waals surface area contributed by atoms with Crippen LogP contribution in [0.1, 0.15) is 0 Å². The molecule has 15 aromatic rings. The van der Waals surface area contributed by atoms with E-state index in [1.807, 2.05) is 0 Å². The third kappa shape index (κ3) is 4.89. The van der Waals surface area contributed by atoms with Crippen molar-refractivity contribution in [2.75, 3.05) is 9.80 Å². The van der Waals surface area contributed by atoms with Crippen LogP contribution in [0.25, 0.3) is 98.4 Å². The van der Waals surface area contributed by atoms with Crippen LogP contribution < -0.4 is 26.2 Å². The van der Waals surface area contributed by atoms with E-state index in [0.29, 0.717) is 0 Å². The number of nitrogens with zero attached hydrogens (tertiary/aromatic N) is 4. The van der Waals surface area contributed by atoms with E-state index in [0.717, 1.165) is 11.4 Å². The Hall–Kier alpha value is -9.32. The van der Waals surface area contributed by atoms with Gasteiger partial charge in [0.25, 0.3) is 6.71 Å². The first-order valence-electron chi connectivity index (χ1n) is 24.7. The average Bonchev–Trinajstić information content (AvgIpc) is 4.17. The molecule has 0 saturated heterocycles. The van der Waals surface area contributed by atoms with E-state index in [2.05, 4.69) is 255 Å². The smallest absolute Gasteiger partial charge is 0.252 e. The van der Waals surface area contributed by atoms with Crippen molar-refractivity contribution in [3.63, 3.8) is 0 Å². The van der Waals surface area contributed by atoms with Crippen molar-refractivity contribution in [1.29, 1.82) is 0 Å². The van der Waals surface area contributed by atoms with Crippen LogP contribution in [-0.4, -0.2) is 15.5 Å². The molecule has 0 radical (unpaired) electrons. The third-order valence-electron chi connectivity index (χ3n) is 16.1.